The summed E-state index contributed by atoms with van der Waals surface area (Å²) in [7, 11) is 0. The van der Waals surface area contributed by atoms with Gasteiger partial charge >= 0.3 is 6.03 Å². The number of halogens is 1. The largest absolute Gasteiger partial charge is 0.328 e. The van der Waals surface area contributed by atoms with Gasteiger partial charge in [0.2, 0.25) is 0 Å². The van der Waals surface area contributed by atoms with Crippen molar-refractivity contribution < 1.29 is 9.18 Å². The number of hydrogen-bond acceptors (Lipinski definition) is 1. The van der Waals surface area contributed by atoms with E-state index in [1.54, 1.807) is 12.1 Å². The Hall–Kier alpha value is -2.36. The molecule has 1 aromatic rings. The van der Waals surface area contributed by atoms with Crippen molar-refractivity contribution in [3.05, 3.63) is 66.5 Å². The minimum absolute atomic E-state index is 0.162. The second-order valence-corrected chi connectivity index (χ2v) is 3.76. The zero-order chi connectivity index (χ0) is 12.8. The van der Waals surface area contributed by atoms with E-state index in [0.717, 1.165) is 0 Å². The minimum atomic E-state index is -0.457. The second kappa shape index (κ2) is 5.82. The Bertz CT molecular complexity index is 504. The van der Waals surface area contributed by atoms with Crippen molar-refractivity contribution in [1.29, 1.82) is 0 Å². The standard InChI is InChI=1S/C14H13FN2O/c15-12-9-5-6-10-13(12)17-14(18)16-11-7-3-1-2-4-8-11/h1-11H,(H2,16,17,18). The Balaban J connectivity index is 1.95. The molecule has 2 amide bonds. The van der Waals surface area contributed by atoms with Gasteiger partial charge < -0.3 is 10.6 Å². The van der Waals surface area contributed by atoms with Crippen molar-refractivity contribution in [3.8, 4) is 0 Å². The fourth-order valence-electron chi connectivity index (χ4n) is 1.53. The molecule has 2 N–H and O–H groups in total. The van der Waals surface area contributed by atoms with E-state index in [4.69, 9.17) is 0 Å². The average Bonchev–Trinajstić information content (AvgIpc) is 2.61. The summed E-state index contributed by atoms with van der Waals surface area (Å²) in [5.41, 5.74) is 0.162. The van der Waals surface area contributed by atoms with E-state index < -0.39 is 11.8 Å². The van der Waals surface area contributed by atoms with Gasteiger partial charge in [-0.3, -0.25) is 0 Å². The number of amides is 2. The number of nitrogens with one attached hydrogen (secondary N) is 2. The quantitative estimate of drug-likeness (QED) is 0.825. The molecule has 0 aromatic heterocycles. The number of carbonyl (C=O) groups excluding carboxylic acids is 1. The van der Waals surface area contributed by atoms with Crippen LogP contribution in [0.25, 0.3) is 0 Å². The van der Waals surface area contributed by atoms with Crippen LogP contribution in [0.1, 0.15) is 0 Å². The molecule has 0 radical (unpaired) electrons. The van der Waals surface area contributed by atoms with Crippen LogP contribution in [0.15, 0.2) is 60.7 Å². The van der Waals surface area contributed by atoms with Gasteiger partial charge in [0.1, 0.15) is 5.82 Å². The van der Waals surface area contributed by atoms with Crippen LogP contribution >= 0.6 is 0 Å². The number of hydrogen-bond donors (Lipinski definition) is 2. The molecule has 0 aliphatic heterocycles. The maximum Gasteiger partial charge on any atom is 0.320 e. The van der Waals surface area contributed by atoms with Crippen LogP contribution in [0.5, 0.6) is 0 Å². The van der Waals surface area contributed by atoms with Crippen molar-refractivity contribution in [3.63, 3.8) is 0 Å². The van der Waals surface area contributed by atoms with E-state index in [1.807, 2.05) is 36.5 Å². The summed E-state index contributed by atoms with van der Waals surface area (Å²) >= 11 is 0. The van der Waals surface area contributed by atoms with E-state index in [0.29, 0.717) is 0 Å². The third-order valence-electron chi connectivity index (χ3n) is 2.39. The summed E-state index contributed by atoms with van der Waals surface area (Å²) < 4.78 is 13.3. The summed E-state index contributed by atoms with van der Waals surface area (Å²) in [5, 5.41) is 5.17. The number of urea groups is 1. The third-order valence-corrected chi connectivity index (χ3v) is 2.39. The lowest BCUT2D eigenvalue weighted by atomic mass is 10.2. The number of rotatable bonds is 2. The van der Waals surface area contributed by atoms with Crippen molar-refractivity contribution in [2.75, 3.05) is 5.32 Å². The number of benzene rings is 1. The Morgan fingerprint density at radius 2 is 1.72 bits per heavy atom. The lowest BCUT2D eigenvalue weighted by Gasteiger charge is -2.12. The van der Waals surface area contributed by atoms with Crippen LogP contribution in [0, 0.1) is 5.82 Å². The van der Waals surface area contributed by atoms with Crippen molar-refractivity contribution in [2.24, 2.45) is 0 Å². The fraction of sp³-hybridized carbons (Fsp3) is 0.0714. The van der Waals surface area contributed by atoms with Crippen LogP contribution in [0.2, 0.25) is 0 Å². The Labute approximate surface area is 105 Å². The predicted molar refractivity (Wildman–Crippen MR) is 69.8 cm³/mol. The van der Waals surface area contributed by atoms with Gasteiger partial charge in [0.25, 0.3) is 0 Å². The molecule has 0 unspecified atom stereocenters. The summed E-state index contributed by atoms with van der Waals surface area (Å²) in [6, 6.07) is 5.39. The summed E-state index contributed by atoms with van der Waals surface area (Å²) in [6.07, 6.45) is 11.1. The highest BCUT2D eigenvalue weighted by Gasteiger charge is 2.08. The Kier molecular flexibility index (Phi) is 3.91. The monoisotopic (exact) mass is 244 g/mol. The van der Waals surface area contributed by atoms with Crippen molar-refractivity contribution in [2.45, 2.75) is 6.04 Å². The molecule has 4 heteroatoms. The smallest absolute Gasteiger partial charge is 0.320 e. The molecular formula is C14H13FN2O. The number of carbonyl (C=O) groups is 1. The maximum absolute atomic E-state index is 13.3. The normalized spacial score (nSPS) is 14.3. The highest BCUT2D eigenvalue weighted by atomic mass is 19.1. The van der Waals surface area contributed by atoms with Gasteiger partial charge in [-0.15, -0.1) is 0 Å². The van der Waals surface area contributed by atoms with Gasteiger partial charge in [-0.1, -0.05) is 48.6 Å². The van der Waals surface area contributed by atoms with E-state index >= 15 is 0 Å². The lowest BCUT2D eigenvalue weighted by Crippen LogP contribution is -2.35. The zero-order valence-electron chi connectivity index (χ0n) is 9.64. The molecule has 1 aliphatic rings. The number of para-hydroxylation sites is 1. The highest BCUT2D eigenvalue weighted by molar-refractivity contribution is 5.89. The van der Waals surface area contributed by atoms with Crippen LogP contribution in [-0.4, -0.2) is 12.1 Å². The van der Waals surface area contributed by atoms with Crippen molar-refractivity contribution in [1.82, 2.24) is 5.32 Å². The third kappa shape index (κ3) is 3.31. The van der Waals surface area contributed by atoms with Gasteiger partial charge in [0.05, 0.1) is 11.7 Å². The van der Waals surface area contributed by atoms with E-state index in [9.17, 15) is 9.18 Å². The van der Waals surface area contributed by atoms with E-state index in [2.05, 4.69) is 10.6 Å². The van der Waals surface area contributed by atoms with Gasteiger partial charge in [0.15, 0.2) is 0 Å². The first-order valence-corrected chi connectivity index (χ1v) is 5.59. The molecule has 2 rings (SSSR count). The molecule has 1 aliphatic carbocycles. The second-order valence-electron chi connectivity index (χ2n) is 3.76. The van der Waals surface area contributed by atoms with Gasteiger partial charge in [-0.25, -0.2) is 9.18 Å². The number of allylic oxidation sites excluding steroid dienone is 4. The van der Waals surface area contributed by atoms with Crippen LogP contribution < -0.4 is 10.6 Å². The topological polar surface area (TPSA) is 41.1 Å². The van der Waals surface area contributed by atoms with Crippen LogP contribution in [-0.2, 0) is 0 Å². The molecule has 18 heavy (non-hydrogen) atoms. The molecule has 0 fully saturated rings. The van der Waals surface area contributed by atoms with E-state index in [-0.39, 0.29) is 11.7 Å². The molecule has 3 nitrogen and oxygen atoms in total. The summed E-state index contributed by atoms with van der Waals surface area (Å²) in [4.78, 5) is 11.7. The van der Waals surface area contributed by atoms with Gasteiger partial charge in [0, 0.05) is 0 Å². The predicted octanol–water partition coefficient (Wildman–Crippen LogP) is 3.00. The molecule has 0 heterocycles. The molecule has 1 aromatic carbocycles. The first-order valence-electron chi connectivity index (χ1n) is 5.59. The van der Waals surface area contributed by atoms with Crippen LogP contribution in [0.4, 0.5) is 14.9 Å². The molecule has 0 saturated carbocycles. The summed E-state index contributed by atoms with van der Waals surface area (Å²) in [5.74, 6) is -0.457. The molecule has 92 valence electrons. The highest BCUT2D eigenvalue weighted by Crippen LogP contribution is 2.12. The Morgan fingerprint density at radius 3 is 2.39 bits per heavy atom. The van der Waals surface area contributed by atoms with E-state index in [1.165, 1.54) is 12.1 Å². The molecular weight excluding hydrogens is 231 g/mol. The lowest BCUT2D eigenvalue weighted by molar-refractivity contribution is 0.251. The maximum atomic E-state index is 13.3. The first-order chi connectivity index (χ1) is 8.75. The Morgan fingerprint density at radius 1 is 1.06 bits per heavy atom. The first kappa shape index (κ1) is 12.1. The minimum Gasteiger partial charge on any atom is -0.328 e. The molecule has 0 spiro atoms. The summed E-state index contributed by atoms with van der Waals surface area (Å²) in [6.45, 7) is 0. The average molecular weight is 244 g/mol. The van der Waals surface area contributed by atoms with Crippen molar-refractivity contribution >= 4 is 11.7 Å². The number of anilines is 1. The van der Waals surface area contributed by atoms with Crippen LogP contribution in [0.3, 0.4) is 0 Å². The van der Waals surface area contributed by atoms with Gasteiger partial charge in [-0.2, -0.15) is 0 Å². The molecule has 0 atom stereocenters. The molecule has 0 bridgehead atoms. The van der Waals surface area contributed by atoms with Gasteiger partial charge in [-0.05, 0) is 12.1 Å². The molecule has 0 saturated heterocycles. The SMILES string of the molecule is O=C(Nc1ccccc1F)NC1C=CC=CC=C1. The zero-order valence-corrected chi connectivity index (χ0v) is 9.64. The fourth-order valence-corrected chi connectivity index (χ4v) is 1.53.